The molecule has 2 rings (SSSR count). The standard InChI is InChI=1S/C19H22BrClN2O4/c1-2-3-9-27-18-16(23(7-8-24)12-15(20)17(18)25)19(26)22-11-13-5-4-6-14(21)10-13/h4-6,10,12,24H,2-3,7-9,11H2,1H3,(H,22,26). The van der Waals surface area contributed by atoms with Gasteiger partial charge in [0.1, 0.15) is 0 Å². The molecule has 0 aliphatic carbocycles. The molecule has 0 aliphatic rings. The Morgan fingerprint density at radius 1 is 1.41 bits per heavy atom. The summed E-state index contributed by atoms with van der Waals surface area (Å²) >= 11 is 9.17. The summed E-state index contributed by atoms with van der Waals surface area (Å²) in [5.41, 5.74) is 0.529. The van der Waals surface area contributed by atoms with Crippen LogP contribution in [0.2, 0.25) is 5.02 Å². The van der Waals surface area contributed by atoms with E-state index in [1.54, 1.807) is 18.2 Å². The maximum Gasteiger partial charge on any atom is 0.272 e. The molecule has 0 radical (unpaired) electrons. The second-order valence-corrected chi connectivity index (χ2v) is 7.21. The fourth-order valence-corrected chi connectivity index (χ4v) is 3.13. The number of hydrogen-bond donors (Lipinski definition) is 2. The van der Waals surface area contributed by atoms with Crippen molar-refractivity contribution in [2.75, 3.05) is 13.2 Å². The van der Waals surface area contributed by atoms with E-state index in [4.69, 9.17) is 16.3 Å². The summed E-state index contributed by atoms with van der Waals surface area (Å²) in [6.45, 7) is 2.56. The van der Waals surface area contributed by atoms with Gasteiger partial charge < -0.3 is 19.7 Å². The summed E-state index contributed by atoms with van der Waals surface area (Å²) in [5.74, 6) is -0.477. The number of unbranched alkanes of at least 4 members (excludes halogenated alkanes) is 1. The van der Waals surface area contributed by atoms with Crippen LogP contribution in [0, 0.1) is 0 Å². The van der Waals surface area contributed by atoms with Crippen LogP contribution in [0.4, 0.5) is 0 Å². The number of hydrogen-bond acceptors (Lipinski definition) is 4. The zero-order valence-electron chi connectivity index (χ0n) is 15.0. The number of pyridine rings is 1. The number of amides is 1. The lowest BCUT2D eigenvalue weighted by Gasteiger charge is -2.17. The van der Waals surface area contributed by atoms with Gasteiger partial charge in [0.05, 0.1) is 17.7 Å². The zero-order valence-corrected chi connectivity index (χ0v) is 17.3. The van der Waals surface area contributed by atoms with Crippen molar-refractivity contribution in [2.45, 2.75) is 32.9 Å². The van der Waals surface area contributed by atoms with Crippen molar-refractivity contribution in [1.29, 1.82) is 0 Å². The van der Waals surface area contributed by atoms with Crippen LogP contribution in [-0.2, 0) is 13.1 Å². The third-order valence-electron chi connectivity index (χ3n) is 3.84. The van der Waals surface area contributed by atoms with Crippen LogP contribution >= 0.6 is 27.5 Å². The number of aliphatic hydroxyl groups excluding tert-OH is 1. The lowest BCUT2D eigenvalue weighted by Crippen LogP contribution is -2.30. The Labute approximate surface area is 171 Å². The van der Waals surface area contributed by atoms with Crippen molar-refractivity contribution < 1.29 is 14.6 Å². The molecule has 146 valence electrons. The number of aromatic nitrogens is 1. The van der Waals surface area contributed by atoms with Gasteiger partial charge in [0, 0.05) is 24.3 Å². The molecule has 0 aliphatic heterocycles. The largest absolute Gasteiger partial charge is 0.487 e. The van der Waals surface area contributed by atoms with Crippen LogP contribution in [0.3, 0.4) is 0 Å². The molecule has 0 spiro atoms. The SMILES string of the molecule is CCCCOc1c(C(=O)NCc2cccc(Cl)c2)n(CCO)cc(Br)c1=O. The molecular weight excluding hydrogens is 436 g/mol. The maximum atomic E-state index is 12.8. The summed E-state index contributed by atoms with van der Waals surface area (Å²) in [4.78, 5) is 25.4. The molecule has 0 unspecified atom stereocenters. The number of benzene rings is 1. The Morgan fingerprint density at radius 2 is 2.19 bits per heavy atom. The van der Waals surface area contributed by atoms with Gasteiger partial charge in [-0.1, -0.05) is 37.1 Å². The smallest absolute Gasteiger partial charge is 0.272 e. The third kappa shape index (κ3) is 5.82. The van der Waals surface area contributed by atoms with E-state index in [-0.39, 0.29) is 35.6 Å². The van der Waals surface area contributed by atoms with Gasteiger partial charge in [-0.25, -0.2) is 0 Å². The second kappa shape index (κ2) is 10.5. The molecule has 0 fully saturated rings. The lowest BCUT2D eigenvalue weighted by atomic mass is 10.2. The average Bonchev–Trinajstić information content (AvgIpc) is 2.64. The number of carbonyl (C=O) groups excluding carboxylic acids is 1. The van der Waals surface area contributed by atoms with E-state index in [0.717, 1.165) is 18.4 Å². The Hall–Kier alpha value is -1.83. The monoisotopic (exact) mass is 456 g/mol. The summed E-state index contributed by atoms with van der Waals surface area (Å²) in [5, 5.41) is 12.7. The van der Waals surface area contributed by atoms with E-state index in [1.807, 2.05) is 13.0 Å². The van der Waals surface area contributed by atoms with Gasteiger partial charge in [0.25, 0.3) is 5.91 Å². The summed E-state index contributed by atoms with van der Waals surface area (Å²) in [6, 6.07) is 7.14. The molecule has 2 aromatic rings. The Morgan fingerprint density at radius 3 is 2.85 bits per heavy atom. The van der Waals surface area contributed by atoms with Gasteiger partial charge in [-0.15, -0.1) is 0 Å². The molecule has 1 aromatic heterocycles. The molecular formula is C19H22BrClN2O4. The van der Waals surface area contributed by atoms with Gasteiger partial charge in [-0.3, -0.25) is 9.59 Å². The normalized spacial score (nSPS) is 10.7. The fourth-order valence-electron chi connectivity index (χ4n) is 2.49. The van der Waals surface area contributed by atoms with E-state index in [9.17, 15) is 14.7 Å². The van der Waals surface area contributed by atoms with Crippen molar-refractivity contribution >= 4 is 33.4 Å². The van der Waals surface area contributed by atoms with E-state index in [2.05, 4.69) is 21.2 Å². The molecule has 6 nitrogen and oxygen atoms in total. The van der Waals surface area contributed by atoms with E-state index < -0.39 is 11.3 Å². The van der Waals surface area contributed by atoms with Crippen LogP contribution in [0.5, 0.6) is 5.75 Å². The molecule has 0 saturated carbocycles. The Balaban J connectivity index is 2.34. The highest BCUT2D eigenvalue weighted by Crippen LogP contribution is 2.19. The predicted molar refractivity (Wildman–Crippen MR) is 109 cm³/mol. The molecule has 1 amide bonds. The molecule has 0 atom stereocenters. The molecule has 0 saturated heterocycles. The average molecular weight is 458 g/mol. The maximum absolute atomic E-state index is 12.8. The highest BCUT2D eigenvalue weighted by atomic mass is 79.9. The number of aliphatic hydroxyl groups is 1. The minimum atomic E-state index is -0.459. The molecule has 0 bridgehead atoms. The van der Waals surface area contributed by atoms with Gasteiger partial charge in [-0.2, -0.15) is 0 Å². The van der Waals surface area contributed by atoms with Gasteiger partial charge >= 0.3 is 0 Å². The number of rotatable bonds is 9. The van der Waals surface area contributed by atoms with Crippen LogP contribution in [0.25, 0.3) is 0 Å². The third-order valence-corrected chi connectivity index (χ3v) is 4.64. The van der Waals surface area contributed by atoms with Gasteiger partial charge in [-0.05, 0) is 40.0 Å². The Bertz CT molecular complexity index is 854. The quantitative estimate of drug-likeness (QED) is 0.566. The van der Waals surface area contributed by atoms with Crippen LogP contribution in [-0.4, -0.2) is 28.8 Å². The predicted octanol–water partition coefficient (Wildman–Crippen LogP) is 3.37. The first kappa shape index (κ1) is 21.5. The van der Waals surface area contributed by atoms with Crippen molar-refractivity contribution in [3.63, 3.8) is 0 Å². The molecule has 8 heteroatoms. The Kier molecular flexibility index (Phi) is 8.34. The van der Waals surface area contributed by atoms with Crippen LogP contribution in [0.1, 0.15) is 35.8 Å². The number of ether oxygens (including phenoxy) is 1. The number of nitrogens with one attached hydrogen (secondary N) is 1. The first-order chi connectivity index (χ1) is 13.0. The van der Waals surface area contributed by atoms with Crippen LogP contribution < -0.4 is 15.5 Å². The fraction of sp³-hybridized carbons (Fsp3) is 0.368. The van der Waals surface area contributed by atoms with E-state index >= 15 is 0 Å². The summed E-state index contributed by atoms with van der Waals surface area (Å²) < 4.78 is 7.43. The first-order valence-electron chi connectivity index (χ1n) is 8.67. The van der Waals surface area contributed by atoms with Gasteiger partial charge in [0.15, 0.2) is 11.4 Å². The molecule has 2 N–H and O–H groups in total. The second-order valence-electron chi connectivity index (χ2n) is 5.92. The first-order valence-corrected chi connectivity index (χ1v) is 9.84. The summed E-state index contributed by atoms with van der Waals surface area (Å²) in [6.07, 6.45) is 3.14. The lowest BCUT2D eigenvalue weighted by molar-refractivity contribution is 0.0933. The number of carbonyl (C=O) groups is 1. The number of halogens is 2. The summed E-state index contributed by atoms with van der Waals surface area (Å²) in [7, 11) is 0. The highest BCUT2D eigenvalue weighted by molar-refractivity contribution is 9.10. The van der Waals surface area contributed by atoms with E-state index in [0.29, 0.717) is 11.6 Å². The minimum Gasteiger partial charge on any atom is -0.487 e. The molecule has 1 aromatic carbocycles. The highest BCUT2D eigenvalue weighted by Gasteiger charge is 2.22. The molecule has 1 heterocycles. The molecule has 27 heavy (non-hydrogen) atoms. The van der Waals surface area contributed by atoms with Crippen molar-refractivity contribution in [1.82, 2.24) is 9.88 Å². The zero-order chi connectivity index (χ0) is 19.8. The van der Waals surface area contributed by atoms with Crippen molar-refractivity contribution in [3.05, 3.63) is 61.4 Å². The minimum absolute atomic E-state index is 0.0186. The van der Waals surface area contributed by atoms with Crippen molar-refractivity contribution in [2.24, 2.45) is 0 Å². The topological polar surface area (TPSA) is 80.6 Å². The van der Waals surface area contributed by atoms with Crippen molar-refractivity contribution in [3.8, 4) is 5.75 Å². The van der Waals surface area contributed by atoms with Crippen LogP contribution in [0.15, 0.2) is 39.7 Å². The van der Waals surface area contributed by atoms with E-state index in [1.165, 1.54) is 10.8 Å². The number of nitrogens with zero attached hydrogens (tertiary/aromatic N) is 1. The van der Waals surface area contributed by atoms with Gasteiger partial charge in [0.2, 0.25) is 5.43 Å².